The smallest absolute Gasteiger partial charge is 0.159 e. The van der Waals surface area contributed by atoms with Gasteiger partial charge in [0.05, 0.1) is 30.5 Å². The lowest BCUT2D eigenvalue weighted by Crippen LogP contribution is -2.52. The third kappa shape index (κ3) is 4.20. The van der Waals surface area contributed by atoms with Crippen LogP contribution in [0.5, 0.6) is 0 Å². The van der Waals surface area contributed by atoms with E-state index in [1.54, 1.807) is 6.20 Å². The number of Topliss-reactive ketones (excluding diaryl/α,β-unsaturated/α-hetero) is 1. The molecule has 0 aromatic carbocycles. The first-order valence-corrected chi connectivity index (χ1v) is 13.4. The Balaban J connectivity index is 1.27. The lowest BCUT2D eigenvalue weighted by atomic mass is 9.49. The topological polar surface area (TPSA) is 96.1 Å². The molecule has 34 heavy (non-hydrogen) atoms. The van der Waals surface area contributed by atoms with Crippen LogP contribution >= 0.6 is 0 Å². The van der Waals surface area contributed by atoms with Crippen LogP contribution in [-0.2, 0) is 16.0 Å². The molecule has 0 saturated heterocycles. The Kier molecular flexibility index (Phi) is 6.54. The standard InChI is InChI=1S/C28H39N3O3/c1-3-34-17-28(33)11-9-21-18(13-28)4-5-23-22(21)8-10-27(2)24(23)6-7-25(27)26(32)12-19-15-30-16-20(14-29)31-19/h15-16,18,21-25,33H,3-13,17H2,1-2H3/t18-,21+,22-,23-,24+,25-,27+,28-/m1/s1. The van der Waals surface area contributed by atoms with E-state index in [4.69, 9.17) is 10.00 Å². The molecule has 0 unspecified atom stereocenters. The molecule has 184 valence electrons. The van der Waals surface area contributed by atoms with Gasteiger partial charge in [-0.15, -0.1) is 0 Å². The van der Waals surface area contributed by atoms with Crippen molar-refractivity contribution in [3.8, 4) is 6.07 Å². The summed E-state index contributed by atoms with van der Waals surface area (Å²) in [6, 6.07) is 2.02. The van der Waals surface area contributed by atoms with E-state index in [1.807, 2.05) is 13.0 Å². The van der Waals surface area contributed by atoms with Crippen molar-refractivity contribution in [3.63, 3.8) is 0 Å². The monoisotopic (exact) mass is 465 g/mol. The first kappa shape index (κ1) is 23.9. The van der Waals surface area contributed by atoms with Gasteiger partial charge in [-0.05, 0) is 99.7 Å². The normalized spacial score (nSPS) is 41.1. The van der Waals surface area contributed by atoms with Gasteiger partial charge in [-0.1, -0.05) is 6.92 Å². The van der Waals surface area contributed by atoms with Crippen molar-refractivity contribution in [1.29, 1.82) is 5.26 Å². The van der Waals surface area contributed by atoms with Crippen LogP contribution in [0, 0.1) is 52.3 Å². The Morgan fingerprint density at radius 1 is 1.15 bits per heavy atom. The summed E-state index contributed by atoms with van der Waals surface area (Å²) in [4.78, 5) is 21.8. The van der Waals surface area contributed by atoms with Crippen molar-refractivity contribution in [2.75, 3.05) is 13.2 Å². The van der Waals surface area contributed by atoms with Gasteiger partial charge in [0, 0.05) is 18.7 Å². The highest BCUT2D eigenvalue weighted by Crippen LogP contribution is 2.64. The minimum absolute atomic E-state index is 0.0791. The van der Waals surface area contributed by atoms with Gasteiger partial charge in [-0.2, -0.15) is 5.26 Å². The third-order valence-corrected chi connectivity index (χ3v) is 10.2. The zero-order valence-corrected chi connectivity index (χ0v) is 20.7. The zero-order valence-electron chi connectivity index (χ0n) is 20.7. The van der Waals surface area contributed by atoms with E-state index in [2.05, 4.69) is 16.9 Å². The lowest BCUT2D eigenvalue weighted by molar-refractivity contribution is -0.137. The summed E-state index contributed by atoms with van der Waals surface area (Å²) < 4.78 is 5.62. The molecule has 0 bridgehead atoms. The Hall–Kier alpha value is -1.84. The van der Waals surface area contributed by atoms with Crippen LogP contribution in [0.15, 0.2) is 12.4 Å². The number of aromatic nitrogens is 2. The quantitative estimate of drug-likeness (QED) is 0.665. The molecule has 6 nitrogen and oxygen atoms in total. The molecule has 1 N–H and O–H groups in total. The first-order valence-electron chi connectivity index (χ1n) is 13.4. The Bertz CT molecular complexity index is 960. The molecule has 8 atom stereocenters. The average molecular weight is 466 g/mol. The summed E-state index contributed by atoms with van der Waals surface area (Å²) in [7, 11) is 0. The van der Waals surface area contributed by atoms with Gasteiger partial charge >= 0.3 is 0 Å². The number of carbonyl (C=O) groups is 1. The molecule has 4 fully saturated rings. The Morgan fingerprint density at radius 2 is 1.97 bits per heavy atom. The van der Waals surface area contributed by atoms with E-state index in [9.17, 15) is 9.90 Å². The Morgan fingerprint density at radius 3 is 2.76 bits per heavy atom. The number of nitriles is 1. The molecule has 0 spiro atoms. The predicted octanol–water partition coefficient (Wildman–Crippen LogP) is 4.50. The van der Waals surface area contributed by atoms with Crippen molar-refractivity contribution in [2.45, 2.75) is 83.7 Å². The summed E-state index contributed by atoms with van der Waals surface area (Å²) >= 11 is 0. The fraction of sp³-hybridized carbons (Fsp3) is 0.786. The molecule has 5 rings (SSSR count). The number of hydrogen-bond acceptors (Lipinski definition) is 6. The van der Waals surface area contributed by atoms with Crippen molar-refractivity contribution >= 4 is 5.78 Å². The summed E-state index contributed by atoms with van der Waals surface area (Å²) in [5, 5.41) is 20.2. The second-order valence-electron chi connectivity index (χ2n) is 11.9. The molecule has 6 heteroatoms. The number of nitrogens with zero attached hydrogens (tertiary/aromatic N) is 3. The summed E-state index contributed by atoms with van der Waals surface area (Å²) in [5.41, 5.74) is 0.338. The molecular weight excluding hydrogens is 426 g/mol. The van der Waals surface area contributed by atoms with E-state index >= 15 is 0 Å². The molecule has 4 aliphatic rings. The highest BCUT2D eigenvalue weighted by Gasteiger charge is 2.58. The fourth-order valence-corrected chi connectivity index (χ4v) is 8.76. The van der Waals surface area contributed by atoms with Gasteiger partial charge in [0.15, 0.2) is 5.69 Å². The highest BCUT2D eigenvalue weighted by atomic mass is 16.5. The molecule has 4 saturated carbocycles. The van der Waals surface area contributed by atoms with Gasteiger partial charge in [0.2, 0.25) is 0 Å². The first-order chi connectivity index (χ1) is 16.4. The number of carbonyl (C=O) groups excluding carboxylic acids is 1. The van der Waals surface area contributed by atoms with E-state index < -0.39 is 5.60 Å². The van der Waals surface area contributed by atoms with Gasteiger partial charge in [-0.25, -0.2) is 4.98 Å². The lowest BCUT2D eigenvalue weighted by Gasteiger charge is -2.57. The van der Waals surface area contributed by atoms with Crippen molar-refractivity contribution in [3.05, 3.63) is 23.8 Å². The minimum atomic E-state index is -0.635. The maximum absolute atomic E-state index is 13.4. The molecular formula is C28H39N3O3. The number of ketones is 1. The van der Waals surface area contributed by atoms with E-state index in [0.29, 0.717) is 30.7 Å². The SMILES string of the molecule is CCOC[C@@]1(O)CC[C@H]2[C@H](CC[C@@H]3[C@@H]2CC[C@]2(C)[C@@H](C(=O)Cc4cncc(C#N)n4)CC[C@@H]32)C1. The molecule has 1 aromatic rings. The molecule has 0 aliphatic heterocycles. The van der Waals surface area contributed by atoms with Gasteiger partial charge in [0.25, 0.3) is 0 Å². The molecule has 0 amide bonds. The van der Waals surface area contributed by atoms with Crippen LogP contribution in [-0.4, -0.2) is 39.7 Å². The van der Waals surface area contributed by atoms with Crippen LogP contribution in [0.25, 0.3) is 0 Å². The number of fused-ring (bicyclic) bond motifs is 5. The molecule has 4 aliphatic carbocycles. The average Bonchev–Trinajstić information content (AvgIpc) is 3.20. The maximum atomic E-state index is 13.4. The summed E-state index contributed by atoms with van der Waals surface area (Å²) in [6.07, 6.45) is 13.2. The third-order valence-electron chi connectivity index (χ3n) is 10.2. The van der Waals surface area contributed by atoms with Crippen LogP contribution in [0.4, 0.5) is 0 Å². The Labute approximate surface area is 203 Å². The number of rotatable bonds is 6. The van der Waals surface area contributed by atoms with Crippen molar-refractivity contribution in [1.82, 2.24) is 9.97 Å². The molecule has 0 radical (unpaired) electrons. The van der Waals surface area contributed by atoms with Gasteiger partial charge < -0.3 is 9.84 Å². The number of hydrogen-bond donors (Lipinski definition) is 1. The number of ether oxygens (including phenoxy) is 1. The van der Waals surface area contributed by atoms with Crippen LogP contribution in [0.1, 0.15) is 83.0 Å². The second-order valence-corrected chi connectivity index (χ2v) is 11.9. The van der Waals surface area contributed by atoms with E-state index in [-0.39, 0.29) is 29.2 Å². The van der Waals surface area contributed by atoms with E-state index in [0.717, 1.165) is 56.3 Å². The van der Waals surface area contributed by atoms with Crippen molar-refractivity contribution in [2.24, 2.45) is 40.9 Å². The zero-order chi connectivity index (χ0) is 23.9. The number of aliphatic hydroxyl groups is 1. The fourth-order valence-electron chi connectivity index (χ4n) is 8.76. The van der Waals surface area contributed by atoms with Gasteiger partial charge in [0.1, 0.15) is 11.9 Å². The maximum Gasteiger partial charge on any atom is 0.159 e. The van der Waals surface area contributed by atoms with Crippen LogP contribution in [0.2, 0.25) is 0 Å². The summed E-state index contributed by atoms with van der Waals surface area (Å²) in [5.74, 6) is 3.81. The summed E-state index contributed by atoms with van der Waals surface area (Å²) in [6.45, 7) is 5.52. The van der Waals surface area contributed by atoms with Crippen LogP contribution in [0.3, 0.4) is 0 Å². The molecule has 1 aromatic heterocycles. The predicted molar refractivity (Wildman–Crippen MR) is 128 cm³/mol. The van der Waals surface area contributed by atoms with Crippen molar-refractivity contribution < 1.29 is 14.6 Å². The molecule has 1 heterocycles. The highest BCUT2D eigenvalue weighted by molar-refractivity contribution is 5.84. The van der Waals surface area contributed by atoms with Crippen LogP contribution < -0.4 is 0 Å². The van der Waals surface area contributed by atoms with Gasteiger partial charge in [-0.3, -0.25) is 9.78 Å². The largest absolute Gasteiger partial charge is 0.387 e. The second kappa shape index (κ2) is 9.32. The minimum Gasteiger partial charge on any atom is -0.387 e. The van der Waals surface area contributed by atoms with E-state index in [1.165, 1.54) is 25.5 Å².